The van der Waals surface area contributed by atoms with Crippen LogP contribution in [0.3, 0.4) is 0 Å². The molecular formula is C13H16O2. The van der Waals surface area contributed by atoms with Gasteiger partial charge in [0.2, 0.25) is 0 Å². The number of aliphatic hydroxyl groups excluding tert-OH is 1. The summed E-state index contributed by atoms with van der Waals surface area (Å²) in [4.78, 5) is 0. The Hall–Kier alpha value is -1.12. The first kappa shape index (κ1) is 10.4. The molecule has 2 rings (SSSR count). The lowest BCUT2D eigenvalue weighted by molar-refractivity contribution is 0.0479. The quantitative estimate of drug-likeness (QED) is 0.761. The molecule has 1 aliphatic rings. The molecule has 0 fully saturated rings. The fourth-order valence-corrected chi connectivity index (χ4v) is 1.75. The molecule has 0 saturated heterocycles. The molecule has 2 atom stereocenters. The van der Waals surface area contributed by atoms with E-state index in [-0.39, 0.29) is 12.0 Å². The maximum atomic E-state index is 9.54. The summed E-state index contributed by atoms with van der Waals surface area (Å²) in [6.45, 7) is 1.23. The van der Waals surface area contributed by atoms with Gasteiger partial charge in [0.25, 0.3) is 0 Å². The Morgan fingerprint density at radius 3 is 2.73 bits per heavy atom. The molecule has 0 aliphatic heterocycles. The van der Waals surface area contributed by atoms with Crippen LogP contribution in [0, 0.1) is 5.92 Å². The summed E-state index contributed by atoms with van der Waals surface area (Å²) in [5.41, 5.74) is 1.17. The van der Waals surface area contributed by atoms with Gasteiger partial charge >= 0.3 is 0 Å². The van der Waals surface area contributed by atoms with Gasteiger partial charge in [-0.25, -0.2) is 0 Å². The van der Waals surface area contributed by atoms with Crippen LogP contribution in [0.15, 0.2) is 42.5 Å². The standard InChI is InChI=1S/C13H16O2/c14-13-8-4-7-12(13)10-15-9-11-5-2-1-3-6-11/h1-7,12-14H,8-10H2/t12?,13-/m0/s1. The van der Waals surface area contributed by atoms with Gasteiger partial charge in [0, 0.05) is 5.92 Å². The van der Waals surface area contributed by atoms with Crippen molar-refractivity contribution in [3.05, 3.63) is 48.0 Å². The Labute approximate surface area is 90.2 Å². The lowest BCUT2D eigenvalue weighted by Gasteiger charge is -2.13. The Balaban J connectivity index is 1.73. The molecule has 0 aromatic heterocycles. The van der Waals surface area contributed by atoms with Crippen molar-refractivity contribution in [3.8, 4) is 0 Å². The molecule has 2 heteroatoms. The first-order valence-corrected chi connectivity index (χ1v) is 5.32. The van der Waals surface area contributed by atoms with Crippen LogP contribution in [0.25, 0.3) is 0 Å². The molecule has 1 aliphatic carbocycles. The van der Waals surface area contributed by atoms with Crippen molar-refractivity contribution in [2.45, 2.75) is 19.1 Å². The maximum Gasteiger partial charge on any atom is 0.0717 e. The molecule has 1 N–H and O–H groups in total. The van der Waals surface area contributed by atoms with Gasteiger partial charge in [0.15, 0.2) is 0 Å². The highest BCUT2D eigenvalue weighted by atomic mass is 16.5. The van der Waals surface area contributed by atoms with Crippen LogP contribution in [0.4, 0.5) is 0 Å². The van der Waals surface area contributed by atoms with Gasteiger partial charge in [-0.1, -0.05) is 42.5 Å². The number of hydrogen-bond acceptors (Lipinski definition) is 2. The third-order valence-corrected chi connectivity index (χ3v) is 2.68. The highest BCUT2D eigenvalue weighted by Gasteiger charge is 2.19. The third kappa shape index (κ3) is 2.91. The molecule has 0 spiro atoms. The molecule has 80 valence electrons. The van der Waals surface area contributed by atoms with E-state index in [0.29, 0.717) is 13.2 Å². The Morgan fingerprint density at radius 2 is 2.07 bits per heavy atom. The minimum atomic E-state index is -0.249. The highest BCUT2D eigenvalue weighted by molar-refractivity contribution is 5.13. The maximum absolute atomic E-state index is 9.54. The van der Waals surface area contributed by atoms with E-state index in [2.05, 4.69) is 0 Å². The number of rotatable bonds is 4. The summed E-state index contributed by atoms with van der Waals surface area (Å²) >= 11 is 0. The van der Waals surface area contributed by atoms with Gasteiger partial charge in [-0.2, -0.15) is 0 Å². The van der Waals surface area contributed by atoms with Crippen LogP contribution >= 0.6 is 0 Å². The summed E-state index contributed by atoms with van der Waals surface area (Å²) in [7, 11) is 0. The van der Waals surface area contributed by atoms with Crippen LogP contribution in [-0.2, 0) is 11.3 Å². The van der Waals surface area contributed by atoms with Crippen LogP contribution < -0.4 is 0 Å². The normalized spacial score (nSPS) is 24.6. The van der Waals surface area contributed by atoms with Gasteiger partial charge in [0.05, 0.1) is 19.3 Å². The largest absolute Gasteiger partial charge is 0.392 e. The summed E-state index contributed by atoms with van der Waals surface area (Å²) in [5.74, 6) is 0.175. The van der Waals surface area contributed by atoms with E-state index in [1.165, 1.54) is 5.56 Å². The van der Waals surface area contributed by atoms with E-state index in [1.807, 2.05) is 42.5 Å². The molecule has 0 saturated carbocycles. The second kappa shape index (κ2) is 5.10. The van der Waals surface area contributed by atoms with Gasteiger partial charge < -0.3 is 9.84 Å². The van der Waals surface area contributed by atoms with Crippen molar-refractivity contribution in [1.82, 2.24) is 0 Å². The van der Waals surface area contributed by atoms with Crippen molar-refractivity contribution >= 4 is 0 Å². The molecule has 0 radical (unpaired) electrons. The molecule has 0 heterocycles. The van der Waals surface area contributed by atoms with E-state index in [0.717, 1.165) is 6.42 Å². The van der Waals surface area contributed by atoms with E-state index in [4.69, 9.17) is 4.74 Å². The van der Waals surface area contributed by atoms with Crippen molar-refractivity contribution in [3.63, 3.8) is 0 Å². The van der Waals surface area contributed by atoms with Gasteiger partial charge in [-0.15, -0.1) is 0 Å². The van der Waals surface area contributed by atoms with Crippen LogP contribution in [0.5, 0.6) is 0 Å². The SMILES string of the molecule is O[C@H]1CC=CC1COCc1ccccc1. The summed E-state index contributed by atoms with van der Waals surface area (Å²) in [6.07, 6.45) is 4.57. The topological polar surface area (TPSA) is 29.5 Å². The average Bonchev–Trinajstić information content (AvgIpc) is 2.66. The van der Waals surface area contributed by atoms with Crippen LogP contribution in [0.1, 0.15) is 12.0 Å². The minimum Gasteiger partial charge on any atom is -0.392 e. The van der Waals surface area contributed by atoms with E-state index in [1.54, 1.807) is 0 Å². The predicted molar refractivity (Wildman–Crippen MR) is 59.4 cm³/mol. The fourth-order valence-electron chi connectivity index (χ4n) is 1.75. The monoisotopic (exact) mass is 204 g/mol. The molecule has 2 nitrogen and oxygen atoms in total. The van der Waals surface area contributed by atoms with Gasteiger partial charge in [-0.3, -0.25) is 0 Å². The third-order valence-electron chi connectivity index (χ3n) is 2.68. The van der Waals surface area contributed by atoms with Crippen LogP contribution in [-0.4, -0.2) is 17.8 Å². The van der Waals surface area contributed by atoms with E-state index >= 15 is 0 Å². The smallest absolute Gasteiger partial charge is 0.0717 e. The number of aliphatic hydroxyl groups is 1. The van der Waals surface area contributed by atoms with Gasteiger partial charge in [0.1, 0.15) is 0 Å². The first-order chi connectivity index (χ1) is 7.36. The molecule has 1 aromatic carbocycles. The molecule has 15 heavy (non-hydrogen) atoms. The number of ether oxygens (including phenoxy) is 1. The van der Waals surface area contributed by atoms with Crippen molar-refractivity contribution in [2.24, 2.45) is 5.92 Å². The minimum absolute atomic E-state index is 0.175. The Morgan fingerprint density at radius 1 is 1.27 bits per heavy atom. The zero-order valence-electron chi connectivity index (χ0n) is 8.67. The van der Waals surface area contributed by atoms with Crippen molar-refractivity contribution in [1.29, 1.82) is 0 Å². The lowest BCUT2D eigenvalue weighted by atomic mass is 10.1. The zero-order chi connectivity index (χ0) is 10.5. The van der Waals surface area contributed by atoms with Crippen LogP contribution in [0.2, 0.25) is 0 Å². The lowest BCUT2D eigenvalue weighted by Crippen LogP contribution is -2.18. The Bertz CT molecular complexity index is 319. The zero-order valence-corrected chi connectivity index (χ0v) is 8.67. The molecule has 1 unspecified atom stereocenters. The molecule has 0 amide bonds. The molecular weight excluding hydrogens is 188 g/mol. The second-order valence-electron chi connectivity index (χ2n) is 3.90. The van der Waals surface area contributed by atoms with Crippen molar-refractivity contribution < 1.29 is 9.84 Å². The molecule has 0 bridgehead atoms. The summed E-state index contributed by atoms with van der Waals surface area (Å²) in [5, 5.41) is 9.54. The van der Waals surface area contributed by atoms with Gasteiger partial charge in [-0.05, 0) is 12.0 Å². The number of benzene rings is 1. The van der Waals surface area contributed by atoms with Crippen molar-refractivity contribution in [2.75, 3.05) is 6.61 Å². The molecule has 1 aromatic rings. The van der Waals surface area contributed by atoms with E-state index in [9.17, 15) is 5.11 Å². The second-order valence-corrected chi connectivity index (χ2v) is 3.90. The fraction of sp³-hybridized carbons (Fsp3) is 0.385. The highest BCUT2D eigenvalue weighted by Crippen LogP contribution is 2.18. The first-order valence-electron chi connectivity index (χ1n) is 5.32. The Kier molecular flexibility index (Phi) is 3.54. The van der Waals surface area contributed by atoms with E-state index < -0.39 is 0 Å². The average molecular weight is 204 g/mol. The summed E-state index contributed by atoms with van der Waals surface area (Å²) < 4.78 is 5.56. The predicted octanol–water partition coefficient (Wildman–Crippen LogP) is 2.14. The number of hydrogen-bond donors (Lipinski definition) is 1. The summed E-state index contributed by atoms with van der Waals surface area (Å²) in [6, 6.07) is 10.1.